The first-order chi connectivity index (χ1) is 20.4. The van der Waals surface area contributed by atoms with Crippen molar-refractivity contribution < 1.29 is 21.1 Å². The first kappa shape index (κ1) is 33.7. The zero-order valence-corrected chi connectivity index (χ0v) is 29.8. The third-order valence-electron chi connectivity index (χ3n) is 8.35. The van der Waals surface area contributed by atoms with Gasteiger partial charge in [-0.2, -0.15) is 0 Å². The van der Waals surface area contributed by atoms with Crippen molar-refractivity contribution >= 4 is 10.8 Å². The van der Waals surface area contributed by atoms with Crippen molar-refractivity contribution in [2.45, 2.75) is 105 Å². The number of nitrogens with zero attached hydrogens (tertiary/aromatic N) is 7. The molecule has 0 N–H and O–H groups in total. The van der Waals surface area contributed by atoms with Crippen molar-refractivity contribution in [1.82, 2.24) is 35.3 Å². The zero-order valence-electron chi connectivity index (χ0n) is 27.5. The topological polar surface area (TPSA) is 92.7 Å². The molecular formula is C36H45N7Pt. The molecule has 8 heteroatoms. The van der Waals surface area contributed by atoms with Crippen LogP contribution >= 0.6 is 0 Å². The molecule has 0 bridgehead atoms. The van der Waals surface area contributed by atoms with E-state index in [0.29, 0.717) is 11.8 Å². The van der Waals surface area contributed by atoms with Crippen LogP contribution in [-0.4, -0.2) is 25.1 Å². The average Bonchev–Trinajstić information content (AvgIpc) is 3.58. The molecule has 0 radical (unpaired) electrons. The van der Waals surface area contributed by atoms with Gasteiger partial charge in [0.25, 0.3) is 0 Å². The second-order valence-electron chi connectivity index (χ2n) is 14.2. The Morgan fingerprint density at radius 3 is 2.23 bits per heavy atom. The van der Waals surface area contributed by atoms with E-state index in [0.717, 1.165) is 70.6 Å². The van der Waals surface area contributed by atoms with Gasteiger partial charge in [-0.05, 0) is 83.9 Å². The smallest absolute Gasteiger partial charge is 0.573 e. The summed E-state index contributed by atoms with van der Waals surface area (Å²) in [6.07, 6.45) is 11.6. The zero-order chi connectivity index (χ0) is 30.9. The summed E-state index contributed by atoms with van der Waals surface area (Å²) in [5, 5.41) is 20.6. The Balaban J connectivity index is 0.000000344. The van der Waals surface area contributed by atoms with Crippen molar-refractivity contribution in [3.63, 3.8) is 0 Å². The van der Waals surface area contributed by atoms with Gasteiger partial charge in [0.1, 0.15) is 0 Å². The maximum absolute atomic E-state index is 5.17. The van der Waals surface area contributed by atoms with E-state index in [1.165, 1.54) is 16.7 Å². The van der Waals surface area contributed by atoms with Gasteiger partial charge in [0, 0.05) is 52.4 Å². The van der Waals surface area contributed by atoms with Crippen LogP contribution in [-0.2, 0) is 44.7 Å². The van der Waals surface area contributed by atoms with E-state index in [9.17, 15) is 0 Å². The summed E-state index contributed by atoms with van der Waals surface area (Å²) >= 11 is 0. The van der Waals surface area contributed by atoms with Gasteiger partial charge in [0.05, 0.1) is 11.4 Å². The molecule has 6 rings (SSSR count). The number of pyridine rings is 3. The molecule has 0 aliphatic heterocycles. The predicted octanol–water partition coefficient (Wildman–Crippen LogP) is 7.98. The second kappa shape index (κ2) is 13.4. The van der Waals surface area contributed by atoms with Crippen LogP contribution in [0.4, 0.5) is 0 Å². The first-order valence-corrected chi connectivity index (χ1v) is 15.6. The van der Waals surface area contributed by atoms with E-state index >= 15 is 0 Å². The Kier molecular flexibility index (Phi) is 10.3. The third kappa shape index (κ3) is 7.04. The predicted molar refractivity (Wildman–Crippen MR) is 174 cm³/mol. The average molecular weight is 771 g/mol. The van der Waals surface area contributed by atoms with Crippen LogP contribution in [0.25, 0.3) is 33.5 Å². The van der Waals surface area contributed by atoms with Gasteiger partial charge in [-0.1, -0.05) is 73.7 Å². The van der Waals surface area contributed by atoms with Crippen LogP contribution in [0.1, 0.15) is 109 Å². The van der Waals surface area contributed by atoms with Gasteiger partial charge in [-0.15, -0.1) is 0 Å². The monoisotopic (exact) mass is 770 g/mol. The van der Waals surface area contributed by atoms with E-state index in [1.807, 2.05) is 30.9 Å². The summed E-state index contributed by atoms with van der Waals surface area (Å²) in [6.45, 7) is 20.0. The van der Waals surface area contributed by atoms with Crippen molar-refractivity contribution in [2.24, 2.45) is 5.92 Å². The van der Waals surface area contributed by atoms with Gasteiger partial charge in [0.2, 0.25) is 0 Å². The van der Waals surface area contributed by atoms with Gasteiger partial charge in [0.15, 0.2) is 0 Å². The Morgan fingerprint density at radius 2 is 1.59 bits per heavy atom. The molecule has 0 fully saturated rings. The standard InChI is InChI=1S/C27H32N6.C9H13N.Pt/c1-15(2)12-20-22(16(3)4)25(32-30-20)21-13-17-14-28-11-9-18(17)23(29-21)24-19-8-7-10-27(5,6)26(19)33-31-24;1-9(2,3)8-4-6-10-7-5-8;/h9,11,13-16H,7-8,10,12H2,1-6H3;4-7H,1-3H3;/q-2;;+2. The van der Waals surface area contributed by atoms with Crippen LogP contribution in [0, 0.1) is 5.92 Å². The molecule has 1 aliphatic rings. The molecule has 0 spiro atoms. The molecule has 5 aromatic rings. The summed E-state index contributed by atoms with van der Waals surface area (Å²) < 4.78 is 0. The Morgan fingerprint density at radius 1 is 0.909 bits per heavy atom. The van der Waals surface area contributed by atoms with E-state index in [4.69, 9.17) is 4.98 Å². The van der Waals surface area contributed by atoms with Crippen molar-refractivity contribution in [2.75, 3.05) is 0 Å². The normalized spacial score (nSPS) is 14.2. The van der Waals surface area contributed by atoms with Crippen LogP contribution in [0.5, 0.6) is 0 Å². The SMILES string of the molecule is CC(C)(C)c1ccncc1.CC(C)Cc1n[n-]c(-c2cc3cnccc3c(-c3[n-]nc4c3CCCC4(C)C)n2)c1C(C)C.[Pt+2]. The van der Waals surface area contributed by atoms with Crippen LogP contribution in [0.3, 0.4) is 0 Å². The summed E-state index contributed by atoms with van der Waals surface area (Å²) in [4.78, 5) is 13.5. The summed E-state index contributed by atoms with van der Waals surface area (Å²) in [6, 6.07) is 8.23. The molecule has 234 valence electrons. The van der Waals surface area contributed by atoms with Gasteiger partial charge in [-0.3, -0.25) is 15.0 Å². The van der Waals surface area contributed by atoms with Crippen molar-refractivity contribution in [3.05, 3.63) is 77.1 Å². The van der Waals surface area contributed by atoms with Crippen LogP contribution in [0.2, 0.25) is 0 Å². The molecule has 0 saturated carbocycles. The van der Waals surface area contributed by atoms with E-state index < -0.39 is 0 Å². The summed E-state index contributed by atoms with van der Waals surface area (Å²) in [5.74, 6) is 0.830. The minimum Gasteiger partial charge on any atom is -0.573 e. The number of aromatic nitrogens is 7. The van der Waals surface area contributed by atoms with Crippen molar-refractivity contribution in [3.8, 4) is 22.8 Å². The Hall–Kier alpha value is -3.18. The maximum Gasteiger partial charge on any atom is 2.00 e. The minimum atomic E-state index is 0. The first-order valence-electron chi connectivity index (χ1n) is 15.6. The van der Waals surface area contributed by atoms with Crippen LogP contribution in [0.15, 0.2) is 49.1 Å². The van der Waals surface area contributed by atoms with Crippen molar-refractivity contribution in [1.29, 1.82) is 0 Å². The van der Waals surface area contributed by atoms with E-state index in [2.05, 4.69) is 111 Å². The third-order valence-corrected chi connectivity index (χ3v) is 8.35. The molecule has 5 aromatic heterocycles. The molecule has 1 aliphatic carbocycles. The van der Waals surface area contributed by atoms with Gasteiger partial charge >= 0.3 is 21.1 Å². The van der Waals surface area contributed by atoms with Gasteiger partial charge < -0.3 is 20.4 Å². The molecule has 44 heavy (non-hydrogen) atoms. The Labute approximate surface area is 276 Å². The fraction of sp³-hybridized carbons (Fsp3) is 0.472. The molecule has 0 amide bonds. The quantitative estimate of drug-likeness (QED) is 0.179. The van der Waals surface area contributed by atoms with E-state index in [1.54, 1.807) is 0 Å². The van der Waals surface area contributed by atoms with Crippen LogP contribution < -0.4 is 10.2 Å². The number of fused-ring (bicyclic) bond motifs is 2. The number of hydrogen-bond acceptors (Lipinski definition) is 5. The second-order valence-corrected chi connectivity index (χ2v) is 14.2. The fourth-order valence-corrected chi connectivity index (χ4v) is 6.07. The van der Waals surface area contributed by atoms with Gasteiger partial charge in [-0.25, -0.2) is 0 Å². The molecule has 0 aromatic carbocycles. The summed E-state index contributed by atoms with van der Waals surface area (Å²) in [7, 11) is 0. The molecule has 0 atom stereocenters. The Bertz CT molecular complexity index is 1690. The fourth-order valence-electron chi connectivity index (χ4n) is 6.07. The molecule has 5 heterocycles. The largest absolute Gasteiger partial charge is 2.00 e. The molecule has 7 nitrogen and oxygen atoms in total. The maximum atomic E-state index is 5.17. The van der Waals surface area contributed by atoms with E-state index in [-0.39, 0.29) is 31.9 Å². The molecular weight excluding hydrogens is 726 g/mol. The number of rotatable bonds is 5. The summed E-state index contributed by atoms with van der Waals surface area (Å²) in [5.41, 5.74) is 9.76. The molecule has 0 saturated heterocycles. The molecule has 0 unspecified atom stereocenters. The number of hydrogen-bond donors (Lipinski definition) is 0. The minimum absolute atomic E-state index is 0.